The van der Waals surface area contributed by atoms with Crippen molar-refractivity contribution in [2.75, 3.05) is 10.8 Å². The predicted octanol–water partition coefficient (Wildman–Crippen LogP) is 6.75. The van der Waals surface area contributed by atoms with Gasteiger partial charge >= 0.3 is 0 Å². The summed E-state index contributed by atoms with van der Waals surface area (Å²) in [4.78, 5) is 29.4. The molecule has 4 rings (SSSR count). The van der Waals surface area contributed by atoms with E-state index in [4.69, 9.17) is 23.2 Å². The van der Waals surface area contributed by atoms with Gasteiger partial charge in [0.1, 0.15) is 12.6 Å². The highest BCUT2D eigenvalue weighted by molar-refractivity contribution is 7.92. The lowest BCUT2D eigenvalue weighted by Crippen LogP contribution is -2.54. The summed E-state index contributed by atoms with van der Waals surface area (Å²) in [6, 6.07) is 19.2. The lowest BCUT2D eigenvalue weighted by Gasteiger charge is -2.34. The lowest BCUT2D eigenvalue weighted by atomic mass is 9.95. The number of benzene rings is 3. The van der Waals surface area contributed by atoms with Gasteiger partial charge in [0.05, 0.1) is 10.6 Å². The number of carbonyl (C=O) groups is 2. The summed E-state index contributed by atoms with van der Waals surface area (Å²) in [5, 5.41) is 3.85. The van der Waals surface area contributed by atoms with Crippen molar-refractivity contribution in [1.29, 1.82) is 0 Å². The molecule has 1 N–H and O–H groups in total. The molecule has 1 aliphatic rings. The zero-order valence-corrected chi connectivity index (χ0v) is 26.3. The maximum atomic E-state index is 14.2. The molecule has 1 fully saturated rings. The number of hydrogen-bond acceptors (Lipinski definition) is 4. The van der Waals surface area contributed by atoms with Crippen molar-refractivity contribution in [3.63, 3.8) is 0 Å². The van der Waals surface area contributed by atoms with Crippen LogP contribution in [0.3, 0.4) is 0 Å². The van der Waals surface area contributed by atoms with Gasteiger partial charge in [-0.3, -0.25) is 13.9 Å². The van der Waals surface area contributed by atoms with E-state index in [1.165, 1.54) is 17.0 Å². The normalized spacial score (nSPS) is 14.7. The fraction of sp³-hybridized carbons (Fsp3) is 0.375. The first-order valence-corrected chi connectivity index (χ1v) is 16.5. The molecule has 1 aliphatic carbocycles. The van der Waals surface area contributed by atoms with E-state index in [0.29, 0.717) is 27.7 Å². The summed E-state index contributed by atoms with van der Waals surface area (Å²) in [6.45, 7) is 3.13. The third-order valence-corrected chi connectivity index (χ3v) is 10.2. The van der Waals surface area contributed by atoms with Crippen molar-refractivity contribution in [3.8, 4) is 0 Å². The average molecular weight is 631 g/mol. The summed E-state index contributed by atoms with van der Waals surface area (Å²) in [6.07, 6.45) is 5.34. The van der Waals surface area contributed by atoms with E-state index in [-0.39, 0.29) is 23.4 Å². The summed E-state index contributed by atoms with van der Waals surface area (Å²) in [7, 11) is -4.13. The molecule has 0 spiro atoms. The number of nitrogens with zero attached hydrogens (tertiary/aromatic N) is 2. The van der Waals surface area contributed by atoms with Crippen molar-refractivity contribution in [2.45, 2.75) is 75.9 Å². The minimum atomic E-state index is -4.13. The first-order chi connectivity index (χ1) is 20.1. The van der Waals surface area contributed by atoms with Gasteiger partial charge in [0.15, 0.2) is 0 Å². The molecule has 10 heteroatoms. The van der Waals surface area contributed by atoms with E-state index in [0.717, 1.165) is 42.0 Å². The first kappa shape index (κ1) is 31.9. The maximum Gasteiger partial charge on any atom is 0.264 e. The summed E-state index contributed by atoms with van der Waals surface area (Å²) in [5.41, 5.74) is 1.74. The van der Waals surface area contributed by atoms with Crippen LogP contribution in [0.4, 0.5) is 5.69 Å². The van der Waals surface area contributed by atoms with Crippen molar-refractivity contribution in [2.24, 2.45) is 0 Å². The highest BCUT2D eigenvalue weighted by Crippen LogP contribution is 2.29. The number of para-hydroxylation sites is 1. The third-order valence-electron chi connectivity index (χ3n) is 7.66. The molecule has 0 unspecified atom stereocenters. The van der Waals surface area contributed by atoms with Gasteiger partial charge in [-0.05, 0) is 62.6 Å². The quantitative estimate of drug-likeness (QED) is 0.254. The number of amides is 2. The van der Waals surface area contributed by atoms with Crippen LogP contribution in [-0.2, 0) is 26.2 Å². The Balaban J connectivity index is 1.72. The van der Waals surface area contributed by atoms with Crippen LogP contribution in [0.2, 0.25) is 10.0 Å². The van der Waals surface area contributed by atoms with Crippen LogP contribution in [-0.4, -0.2) is 43.8 Å². The fourth-order valence-corrected chi connectivity index (χ4v) is 7.21. The number of hydrogen-bond donors (Lipinski definition) is 1. The molecule has 0 saturated heterocycles. The van der Waals surface area contributed by atoms with Crippen LogP contribution in [0.15, 0.2) is 77.7 Å². The Hall–Kier alpha value is -3.07. The zero-order chi connectivity index (χ0) is 30.3. The molecule has 3 aromatic carbocycles. The molecule has 0 radical (unpaired) electrons. The van der Waals surface area contributed by atoms with Crippen molar-refractivity contribution >= 4 is 50.7 Å². The molecule has 0 bridgehead atoms. The van der Waals surface area contributed by atoms with E-state index >= 15 is 0 Å². The monoisotopic (exact) mass is 629 g/mol. The Bertz CT molecular complexity index is 1460. The number of carbonyl (C=O) groups excluding carboxylic acids is 2. The first-order valence-electron chi connectivity index (χ1n) is 14.3. The second kappa shape index (κ2) is 14.4. The Kier molecular flexibility index (Phi) is 10.9. The van der Waals surface area contributed by atoms with E-state index in [1.807, 2.05) is 13.8 Å². The van der Waals surface area contributed by atoms with Crippen LogP contribution in [0.1, 0.15) is 56.6 Å². The molecule has 0 aromatic heterocycles. The number of halogens is 2. The molecule has 42 heavy (non-hydrogen) atoms. The van der Waals surface area contributed by atoms with Gasteiger partial charge in [0.2, 0.25) is 11.8 Å². The van der Waals surface area contributed by atoms with Crippen LogP contribution < -0.4 is 9.62 Å². The Labute approximate surface area is 258 Å². The van der Waals surface area contributed by atoms with Gasteiger partial charge in [-0.25, -0.2) is 8.42 Å². The topological polar surface area (TPSA) is 86.8 Å². The summed E-state index contributed by atoms with van der Waals surface area (Å²) in [5.74, 6) is -0.815. The molecule has 1 saturated carbocycles. The number of aryl methyl sites for hydroxylation is 1. The highest BCUT2D eigenvalue weighted by Gasteiger charge is 2.35. The number of nitrogens with one attached hydrogen (secondary N) is 1. The van der Waals surface area contributed by atoms with Gasteiger partial charge in [-0.15, -0.1) is 0 Å². The zero-order valence-electron chi connectivity index (χ0n) is 23.9. The SMILES string of the molecule is CC[C@H](C(=O)NC1CCCCC1)N(Cc1c(Cl)cccc1Cl)C(=O)CN(c1ccccc1)S(=O)(=O)c1ccc(C)cc1. The van der Waals surface area contributed by atoms with Crippen LogP contribution >= 0.6 is 23.2 Å². The fourth-order valence-electron chi connectivity index (χ4n) is 5.28. The van der Waals surface area contributed by atoms with E-state index in [2.05, 4.69) is 5.32 Å². The minimum Gasteiger partial charge on any atom is -0.352 e. The minimum absolute atomic E-state index is 0.0453. The largest absolute Gasteiger partial charge is 0.352 e. The van der Waals surface area contributed by atoms with Gasteiger partial charge in [-0.2, -0.15) is 0 Å². The van der Waals surface area contributed by atoms with Gasteiger partial charge < -0.3 is 10.2 Å². The molecule has 3 aromatic rings. The molecule has 0 aliphatic heterocycles. The third kappa shape index (κ3) is 7.65. The van der Waals surface area contributed by atoms with Gasteiger partial charge in [0.25, 0.3) is 10.0 Å². The Morgan fingerprint density at radius 1 is 0.905 bits per heavy atom. The Morgan fingerprint density at radius 3 is 2.12 bits per heavy atom. The van der Waals surface area contributed by atoms with Crippen molar-refractivity contribution < 1.29 is 18.0 Å². The molecular formula is C32H37Cl2N3O4S. The smallest absolute Gasteiger partial charge is 0.264 e. The van der Waals surface area contributed by atoms with Crippen LogP contribution in [0.25, 0.3) is 0 Å². The van der Waals surface area contributed by atoms with Crippen molar-refractivity contribution in [1.82, 2.24) is 10.2 Å². The van der Waals surface area contributed by atoms with Crippen LogP contribution in [0, 0.1) is 6.92 Å². The molecular weight excluding hydrogens is 593 g/mol. The number of anilines is 1. The van der Waals surface area contributed by atoms with Crippen molar-refractivity contribution in [3.05, 3.63) is 94.0 Å². The molecule has 224 valence electrons. The van der Waals surface area contributed by atoms with Gasteiger partial charge in [-0.1, -0.05) is 91.3 Å². The standard InChI is InChI=1S/C32H37Cl2N3O4S/c1-3-30(32(39)35-24-11-6-4-7-12-24)36(21-27-28(33)15-10-16-29(27)34)31(38)22-37(25-13-8-5-9-14-25)42(40,41)26-19-17-23(2)18-20-26/h5,8-10,13-20,24,30H,3-4,6-7,11-12,21-22H2,1-2H3,(H,35,39)/t30-/m1/s1. The summed E-state index contributed by atoms with van der Waals surface area (Å²) < 4.78 is 29.0. The molecule has 1 atom stereocenters. The van der Waals surface area contributed by atoms with E-state index in [1.54, 1.807) is 60.7 Å². The Morgan fingerprint density at radius 2 is 1.52 bits per heavy atom. The van der Waals surface area contributed by atoms with E-state index < -0.39 is 28.5 Å². The predicted molar refractivity (Wildman–Crippen MR) is 168 cm³/mol. The summed E-state index contributed by atoms with van der Waals surface area (Å²) >= 11 is 13.0. The number of rotatable bonds is 11. The maximum absolute atomic E-state index is 14.2. The van der Waals surface area contributed by atoms with Gasteiger partial charge in [0, 0.05) is 28.2 Å². The second-order valence-electron chi connectivity index (χ2n) is 10.6. The van der Waals surface area contributed by atoms with E-state index in [9.17, 15) is 18.0 Å². The second-order valence-corrected chi connectivity index (χ2v) is 13.3. The lowest BCUT2D eigenvalue weighted by molar-refractivity contribution is -0.140. The van der Waals surface area contributed by atoms with Crippen LogP contribution in [0.5, 0.6) is 0 Å². The molecule has 2 amide bonds. The molecule has 0 heterocycles. The molecule has 7 nitrogen and oxygen atoms in total. The average Bonchev–Trinajstić information content (AvgIpc) is 2.98. The highest BCUT2D eigenvalue weighted by atomic mass is 35.5. The number of sulfonamides is 1.